The van der Waals surface area contributed by atoms with Gasteiger partial charge in [0, 0.05) is 40.2 Å². The number of aryl methyl sites for hydroxylation is 1. The summed E-state index contributed by atoms with van der Waals surface area (Å²) in [5, 5.41) is 9.35. The molecule has 0 saturated carbocycles. The fourth-order valence-corrected chi connectivity index (χ4v) is 3.28. The zero-order chi connectivity index (χ0) is 21.7. The van der Waals surface area contributed by atoms with E-state index in [-0.39, 0.29) is 49.9 Å². The molecule has 158 valence electrons. The number of aliphatic hydroxyl groups excluding tert-OH is 1. The van der Waals surface area contributed by atoms with E-state index in [2.05, 4.69) is 4.98 Å². The number of nitrogens with zero attached hydrogens (tertiary/aromatic N) is 4. The third-order valence-electron chi connectivity index (χ3n) is 4.82. The van der Waals surface area contributed by atoms with Crippen LogP contribution in [0.1, 0.15) is 12.0 Å². The Kier molecular flexibility index (Phi) is 6.79. The van der Waals surface area contributed by atoms with Crippen molar-refractivity contribution in [1.29, 1.82) is 0 Å². The molecule has 0 bridgehead atoms. The van der Waals surface area contributed by atoms with Gasteiger partial charge in [0.15, 0.2) is 5.82 Å². The van der Waals surface area contributed by atoms with Crippen molar-refractivity contribution in [2.75, 3.05) is 32.1 Å². The van der Waals surface area contributed by atoms with Crippen LogP contribution in [-0.2, 0) is 17.9 Å². The van der Waals surface area contributed by atoms with E-state index in [1.54, 1.807) is 41.8 Å². The first-order valence-electron chi connectivity index (χ1n) is 9.70. The van der Waals surface area contributed by atoms with E-state index in [0.717, 1.165) is 5.56 Å². The van der Waals surface area contributed by atoms with Crippen LogP contribution in [0.3, 0.4) is 0 Å². The molecule has 0 atom stereocenters. The number of aliphatic hydroxyl groups is 1. The minimum absolute atomic E-state index is 0.0853. The molecular weight excluding hydrogens is 387 g/mol. The maximum atomic E-state index is 13.1. The van der Waals surface area contributed by atoms with Crippen LogP contribution < -0.4 is 10.5 Å². The molecule has 7 nitrogen and oxygen atoms in total. The number of para-hydroxylation sites is 2. The summed E-state index contributed by atoms with van der Waals surface area (Å²) in [6.45, 7) is 0.419. The predicted octanol–water partition coefficient (Wildman–Crippen LogP) is 2.01. The summed E-state index contributed by atoms with van der Waals surface area (Å²) in [7, 11) is 3.50. The summed E-state index contributed by atoms with van der Waals surface area (Å²) in [5.41, 5.74) is 1.83. The van der Waals surface area contributed by atoms with E-state index in [9.17, 15) is 19.1 Å². The Labute approximate surface area is 174 Å². The fraction of sp³-hybridized carbons (Fsp3) is 0.318. The number of aromatic nitrogens is 2. The van der Waals surface area contributed by atoms with Crippen LogP contribution in [0.2, 0.25) is 0 Å². The first-order chi connectivity index (χ1) is 14.4. The van der Waals surface area contributed by atoms with Crippen molar-refractivity contribution < 1.29 is 14.3 Å². The number of carbonyl (C=O) groups excluding carboxylic acids is 1. The van der Waals surface area contributed by atoms with E-state index < -0.39 is 0 Å². The Morgan fingerprint density at radius 2 is 1.83 bits per heavy atom. The first kappa shape index (κ1) is 21.4. The van der Waals surface area contributed by atoms with Crippen molar-refractivity contribution in [2.45, 2.75) is 19.5 Å². The van der Waals surface area contributed by atoms with Crippen LogP contribution in [0.15, 0.2) is 53.3 Å². The van der Waals surface area contributed by atoms with Crippen molar-refractivity contribution in [3.05, 3.63) is 70.3 Å². The highest BCUT2D eigenvalue weighted by Crippen LogP contribution is 2.14. The van der Waals surface area contributed by atoms with E-state index >= 15 is 0 Å². The van der Waals surface area contributed by atoms with Crippen molar-refractivity contribution in [3.63, 3.8) is 0 Å². The van der Waals surface area contributed by atoms with Crippen LogP contribution in [0, 0.1) is 5.82 Å². The molecule has 1 N–H and O–H groups in total. The van der Waals surface area contributed by atoms with E-state index in [1.807, 2.05) is 18.2 Å². The molecule has 0 radical (unpaired) electrons. The standard InChI is InChI=1S/C22H25FN4O3/c1-25(2)21-22(30)27(19-6-4-3-5-18(19)24-21)12-11-20(29)26(13-14-28)15-16-7-9-17(23)10-8-16/h3-10,28H,11-15H2,1-2H3. The van der Waals surface area contributed by atoms with Crippen LogP contribution in [-0.4, -0.2) is 52.7 Å². The lowest BCUT2D eigenvalue weighted by Crippen LogP contribution is -2.35. The van der Waals surface area contributed by atoms with Crippen LogP contribution in [0.4, 0.5) is 10.2 Å². The normalized spacial score (nSPS) is 10.9. The second kappa shape index (κ2) is 9.49. The van der Waals surface area contributed by atoms with Crippen LogP contribution in [0.25, 0.3) is 11.0 Å². The molecule has 3 aromatic rings. The monoisotopic (exact) mass is 412 g/mol. The van der Waals surface area contributed by atoms with Gasteiger partial charge in [-0.15, -0.1) is 0 Å². The molecule has 0 aliphatic rings. The molecule has 0 spiro atoms. The molecule has 0 unspecified atom stereocenters. The maximum absolute atomic E-state index is 13.1. The molecule has 0 aliphatic carbocycles. The first-order valence-corrected chi connectivity index (χ1v) is 9.70. The predicted molar refractivity (Wildman–Crippen MR) is 114 cm³/mol. The highest BCUT2D eigenvalue weighted by atomic mass is 19.1. The summed E-state index contributed by atoms with van der Waals surface area (Å²) in [5.74, 6) is -0.244. The number of amides is 1. The number of hydrogen-bond donors (Lipinski definition) is 1. The number of hydrogen-bond acceptors (Lipinski definition) is 5. The highest BCUT2D eigenvalue weighted by Gasteiger charge is 2.17. The molecule has 1 aromatic heterocycles. The van der Waals surface area contributed by atoms with E-state index in [0.29, 0.717) is 16.9 Å². The fourth-order valence-electron chi connectivity index (χ4n) is 3.28. The summed E-state index contributed by atoms with van der Waals surface area (Å²) < 4.78 is 14.7. The molecular formula is C22H25FN4O3. The Morgan fingerprint density at radius 1 is 1.13 bits per heavy atom. The second-order valence-electron chi connectivity index (χ2n) is 7.19. The Bertz CT molecular complexity index is 1080. The molecule has 30 heavy (non-hydrogen) atoms. The zero-order valence-electron chi connectivity index (χ0n) is 17.1. The van der Waals surface area contributed by atoms with Gasteiger partial charge in [-0.05, 0) is 29.8 Å². The second-order valence-corrected chi connectivity index (χ2v) is 7.19. The minimum atomic E-state index is -0.348. The van der Waals surface area contributed by atoms with Crippen molar-refractivity contribution >= 4 is 22.8 Å². The molecule has 3 rings (SSSR count). The van der Waals surface area contributed by atoms with E-state index in [1.165, 1.54) is 17.0 Å². The molecule has 2 aromatic carbocycles. The Balaban J connectivity index is 1.83. The highest BCUT2D eigenvalue weighted by molar-refractivity contribution is 5.78. The number of halogens is 1. The average molecular weight is 412 g/mol. The van der Waals surface area contributed by atoms with Gasteiger partial charge in [-0.1, -0.05) is 24.3 Å². The van der Waals surface area contributed by atoms with Gasteiger partial charge in [0.1, 0.15) is 5.82 Å². The summed E-state index contributed by atoms with van der Waals surface area (Å²) in [6.07, 6.45) is 0.0853. The van der Waals surface area contributed by atoms with Gasteiger partial charge in [0.2, 0.25) is 5.91 Å². The van der Waals surface area contributed by atoms with Crippen molar-refractivity contribution in [1.82, 2.24) is 14.5 Å². The summed E-state index contributed by atoms with van der Waals surface area (Å²) >= 11 is 0. The van der Waals surface area contributed by atoms with Gasteiger partial charge >= 0.3 is 0 Å². The number of anilines is 1. The Morgan fingerprint density at radius 3 is 2.50 bits per heavy atom. The third kappa shape index (κ3) is 4.83. The van der Waals surface area contributed by atoms with Crippen LogP contribution in [0.5, 0.6) is 0 Å². The zero-order valence-corrected chi connectivity index (χ0v) is 17.1. The largest absolute Gasteiger partial charge is 0.395 e. The Hall–Kier alpha value is -3.26. The van der Waals surface area contributed by atoms with E-state index in [4.69, 9.17) is 0 Å². The quantitative estimate of drug-likeness (QED) is 0.612. The summed E-state index contributed by atoms with van der Waals surface area (Å²) in [4.78, 5) is 33.3. The minimum Gasteiger partial charge on any atom is -0.395 e. The molecule has 0 fully saturated rings. The van der Waals surface area contributed by atoms with Gasteiger partial charge in [-0.3, -0.25) is 9.59 Å². The summed E-state index contributed by atoms with van der Waals surface area (Å²) in [6, 6.07) is 13.2. The van der Waals surface area contributed by atoms with Gasteiger partial charge in [0.25, 0.3) is 5.56 Å². The number of fused-ring (bicyclic) bond motifs is 1. The lowest BCUT2D eigenvalue weighted by molar-refractivity contribution is -0.132. The number of rotatable bonds is 8. The SMILES string of the molecule is CN(C)c1nc2ccccc2n(CCC(=O)N(CCO)Cc2ccc(F)cc2)c1=O. The number of benzene rings is 2. The van der Waals surface area contributed by atoms with Gasteiger partial charge < -0.3 is 19.5 Å². The molecule has 0 saturated heterocycles. The van der Waals surface area contributed by atoms with Crippen molar-refractivity contribution in [3.8, 4) is 0 Å². The maximum Gasteiger partial charge on any atom is 0.293 e. The molecule has 1 heterocycles. The van der Waals surface area contributed by atoms with Gasteiger partial charge in [-0.25, -0.2) is 9.37 Å². The van der Waals surface area contributed by atoms with Gasteiger partial charge in [0.05, 0.1) is 17.6 Å². The molecule has 0 aliphatic heterocycles. The lowest BCUT2D eigenvalue weighted by atomic mass is 10.2. The van der Waals surface area contributed by atoms with Gasteiger partial charge in [-0.2, -0.15) is 0 Å². The smallest absolute Gasteiger partial charge is 0.293 e. The van der Waals surface area contributed by atoms with Crippen molar-refractivity contribution in [2.24, 2.45) is 0 Å². The van der Waals surface area contributed by atoms with Crippen LogP contribution >= 0.6 is 0 Å². The molecule has 8 heteroatoms. The molecule has 1 amide bonds. The lowest BCUT2D eigenvalue weighted by Gasteiger charge is -2.23. The average Bonchev–Trinajstić information content (AvgIpc) is 2.73. The third-order valence-corrected chi connectivity index (χ3v) is 4.82. The topological polar surface area (TPSA) is 78.7 Å². The number of carbonyl (C=O) groups is 1.